The number of nitrogens with zero attached hydrogens (tertiary/aromatic N) is 3. The summed E-state index contributed by atoms with van der Waals surface area (Å²) in [5, 5.41) is 5.06. The van der Waals surface area contributed by atoms with E-state index in [2.05, 4.69) is 10.3 Å². The zero-order valence-corrected chi connectivity index (χ0v) is 18.5. The number of ether oxygens (including phenoxy) is 1. The van der Waals surface area contributed by atoms with Crippen molar-refractivity contribution in [2.24, 2.45) is 0 Å². The van der Waals surface area contributed by atoms with Gasteiger partial charge in [-0.25, -0.2) is 13.4 Å². The summed E-state index contributed by atoms with van der Waals surface area (Å²) < 4.78 is 34.0. The number of aryl methyl sites for hydroxylation is 2. The van der Waals surface area contributed by atoms with E-state index < -0.39 is 10.0 Å². The Balaban J connectivity index is 1.46. The molecule has 0 atom stereocenters. The topological polar surface area (TPSA) is 111 Å². The number of amides is 1. The Morgan fingerprint density at radius 1 is 1.26 bits per heavy atom. The van der Waals surface area contributed by atoms with E-state index in [1.807, 2.05) is 0 Å². The van der Waals surface area contributed by atoms with Crippen LogP contribution in [0.5, 0.6) is 0 Å². The summed E-state index contributed by atoms with van der Waals surface area (Å²) in [6.07, 6.45) is 1.49. The molecular formula is C20H22N4O5S2. The molecule has 3 aromatic rings. The van der Waals surface area contributed by atoms with Gasteiger partial charge >= 0.3 is 0 Å². The molecule has 1 amide bonds. The van der Waals surface area contributed by atoms with Crippen LogP contribution in [0.1, 0.15) is 12.0 Å². The fourth-order valence-electron chi connectivity index (χ4n) is 3.38. The normalized spacial score (nSPS) is 15.3. The van der Waals surface area contributed by atoms with Gasteiger partial charge in [0.1, 0.15) is 4.83 Å². The highest BCUT2D eigenvalue weighted by atomic mass is 32.2. The van der Waals surface area contributed by atoms with Crippen molar-refractivity contribution in [1.82, 2.24) is 13.9 Å². The zero-order valence-electron chi connectivity index (χ0n) is 16.9. The fraction of sp³-hybridized carbons (Fsp3) is 0.350. The second-order valence-electron chi connectivity index (χ2n) is 7.18. The van der Waals surface area contributed by atoms with Crippen molar-refractivity contribution in [3.05, 3.63) is 51.9 Å². The van der Waals surface area contributed by atoms with Crippen LogP contribution in [0.3, 0.4) is 0 Å². The summed E-state index contributed by atoms with van der Waals surface area (Å²) >= 11 is 1.39. The predicted octanol–water partition coefficient (Wildman–Crippen LogP) is 1.82. The Morgan fingerprint density at radius 3 is 2.81 bits per heavy atom. The van der Waals surface area contributed by atoms with Crippen molar-refractivity contribution < 1.29 is 17.9 Å². The first-order valence-electron chi connectivity index (χ1n) is 9.77. The number of rotatable bonds is 6. The third kappa shape index (κ3) is 4.54. The maximum Gasteiger partial charge on any atom is 0.262 e. The van der Waals surface area contributed by atoms with E-state index in [0.717, 1.165) is 0 Å². The van der Waals surface area contributed by atoms with Crippen LogP contribution in [0.4, 0.5) is 5.69 Å². The number of benzene rings is 1. The van der Waals surface area contributed by atoms with E-state index in [4.69, 9.17) is 4.74 Å². The molecule has 0 unspecified atom stereocenters. The van der Waals surface area contributed by atoms with Crippen molar-refractivity contribution in [1.29, 1.82) is 0 Å². The summed E-state index contributed by atoms with van der Waals surface area (Å²) in [4.78, 5) is 29.9. The molecule has 3 heterocycles. The van der Waals surface area contributed by atoms with Gasteiger partial charge in [-0.1, -0.05) is 6.07 Å². The molecule has 0 aliphatic carbocycles. The average Bonchev–Trinajstić information content (AvgIpc) is 3.25. The molecule has 2 aromatic heterocycles. The van der Waals surface area contributed by atoms with Gasteiger partial charge in [-0.15, -0.1) is 11.3 Å². The Labute approximate surface area is 183 Å². The van der Waals surface area contributed by atoms with E-state index in [0.29, 0.717) is 47.8 Å². The van der Waals surface area contributed by atoms with Gasteiger partial charge in [0, 0.05) is 31.7 Å². The molecule has 0 saturated carbocycles. The van der Waals surface area contributed by atoms with E-state index >= 15 is 0 Å². The number of thiophene rings is 1. The number of carbonyl (C=O) groups excluding carboxylic acids is 1. The summed E-state index contributed by atoms with van der Waals surface area (Å²) in [6.45, 7) is 3.22. The van der Waals surface area contributed by atoms with Crippen LogP contribution >= 0.6 is 11.3 Å². The van der Waals surface area contributed by atoms with Crippen LogP contribution in [0.2, 0.25) is 0 Å². The molecule has 1 aromatic carbocycles. The summed E-state index contributed by atoms with van der Waals surface area (Å²) in [5.41, 5.74) is 0.806. The number of hydrogen-bond acceptors (Lipinski definition) is 7. The third-order valence-corrected chi connectivity index (χ3v) is 7.95. The van der Waals surface area contributed by atoms with E-state index in [9.17, 15) is 18.0 Å². The number of anilines is 1. The van der Waals surface area contributed by atoms with Gasteiger partial charge < -0.3 is 10.1 Å². The third-order valence-electron chi connectivity index (χ3n) is 5.09. The molecule has 0 radical (unpaired) electrons. The zero-order chi connectivity index (χ0) is 22.0. The minimum atomic E-state index is -3.68. The lowest BCUT2D eigenvalue weighted by molar-refractivity contribution is -0.116. The first-order chi connectivity index (χ1) is 14.9. The quantitative estimate of drug-likeness (QED) is 0.598. The van der Waals surface area contributed by atoms with Crippen LogP contribution in [-0.4, -0.2) is 54.5 Å². The van der Waals surface area contributed by atoms with Crippen molar-refractivity contribution in [3.63, 3.8) is 0 Å². The van der Waals surface area contributed by atoms with Crippen molar-refractivity contribution in [2.75, 3.05) is 31.6 Å². The maximum atomic E-state index is 13.0. The number of sulfonamides is 1. The van der Waals surface area contributed by atoms with E-state index in [1.54, 1.807) is 30.5 Å². The number of hydrogen-bond donors (Lipinski definition) is 1. The molecule has 1 aliphatic heterocycles. The van der Waals surface area contributed by atoms with Crippen LogP contribution in [0, 0.1) is 6.92 Å². The lowest BCUT2D eigenvalue weighted by atomic mass is 10.2. The second-order valence-corrected chi connectivity index (χ2v) is 9.98. The molecule has 4 rings (SSSR count). The highest BCUT2D eigenvalue weighted by molar-refractivity contribution is 7.89. The van der Waals surface area contributed by atoms with Crippen molar-refractivity contribution in [2.45, 2.75) is 24.8 Å². The monoisotopic (exact) mass is 462 g/mol. The summed E-state index contributed by atoms with van der Waals surface area (Å²) in [7, 11) is -3.68. The molecule has 0 spiro atoms. The Kier molecular flexibility index (Phi) is 6.19. The lowest BCUT2D eigenvalue weighted by Gasteiger charge is -2.26. The van der Waals surface area contributed by atoms with Crippen molar-refractivity contribution in [3.8, 4) is 0 Å². The first kappa shape index (κ1) is 21.6. The average molecular weight is 463 g/mol. The summed E-state index contributed by atoms with van der Waals surface area (Å²) in [6, 6.07) is 6.52. The Morgan fingerprint density at radius 2 is 2.03 bits per heavy atom. The van der Waals surface area contributed by atoms with Crippen LogP contribution < -0.4 is 10.9 Å². The molecule has 1 fully saturated rings. The fourth-order valence-corrected chi connectivity index (χ4v) is 5.76. The standard InChI is InChI=1S/C20H22N4O5S2/c1-14-2-3-15(12-17(14)31(27,28)24-7-9-29-10-8-24)22-18(25)4-6-23-13-21-19-16(20(23)26)5-11-30-19/h2-3,5,11-13H,4,6-10H2,1H3,(H,22,25). The highest BCUT2D eigenvalue weighted by Crippen LogP contribution is 2.24. The Hall–Kier alpha value is -2.60. The van der Waals surface area contributed by atoms with Crippen LogP contribution in [0.25, 0.3) is 10.2 Å². The molecule has 164 valence electrons. The number of aromatic nitrogens is 2. The molecular weight excluding hydrogens is 440 g/mol. The minimum absolute atomic E-state index is 0.0522. The number of carbonyl (C=O) groups is 1. The Bertz CT molecular complexity index is 1280. The lowest BCUT2D eigenvalue weighted by Crippen LogP contribution is -2.40. The van der Waals surface area contributed by atoms with Crippen LogP contribution in [0.15, 0.2) is 45.7 Å². The van der Waals surface area contributed by atoms with Gasteiger partial charge in [0.2, 0.25) is 15.9 Å². The minimum Gasteiger partial charge on any atom is -0.379 e. The smallest absolute Gasteiger partial charge is 0.262 e. The molecule has 9 nitrogen and oxygen atoms in total. The van der Waals surface area contributed by atoms with Gasteiger partial charge in [-0.2, -0.15) is 4.31 Å². The van der Waals surface area contributed by atoms with Crippen LogP contribution in [-0.2, 0) is 26.1 Å². The van der Waals surface area contributed by atoms with E-state index in [1.165, 1.54) is 32.6 Å². The largest absolute Gasteiger partial charge is 0.379 e. The molecule has 1 N–H and O–H groups in total. The molecule has 1 saturated heterocycles. The van der Waals surface area contributed by atoms with Gasteiger partial charge in [-0.05, 0) is 36.1 Å². The number of morpholine rings is 1. The SMILES string of the molecule is Cc1ccc(NC(=O)CCn2cnc3sccc3c2=O)cc1S(=O)(=O)N1CCOCC1. The number of fused-ring (bicyclic) bond motifs is 1. The van der Waals surface area contributed by atoms with Crippen molar-refractivity contribution >= 4 is 43.2 Å². The molecule has 11 heteroatoms. The maximum absolute atomic E-state index is 13.0. The molecule has 1 aliphatic rings. The van der Waals surface area contributed by atoms with Gasteiger partial charge in [0.15, 0.2) is 0 Å². The molecule has 0 bridgehead atoms. The predicted molar refractivity (Wildman–Crippen MR) is 118 cm³/mol. The van der Waals surface area contributed by atoms with Gasteiger partial charge in [0.05, 0.1) is 29.8 Å². The second kappa shape index (κ2) is 8.87. The number of nitrogens with one attached hydrogen (secondary N) is 1. The molecule has 31 heavy (non-hydrogen) atoms. The first-order valence-corrected chi connectivity index (χ1v) is 12.1. The highest BCUT2D eigenvalue weighted by Gasteiger charge is 2.28. The summed E-state index contributed by atoms with van der Waals surface area (Å²) in [5.74, 6) is -0.323. The van der Waals surface area contributed by atoms with Gasteiger partial charge in [-0.3, -0.25) is 14.2 Å². The van der Waals surface area contributed by atoms with E-state index in [-0.39, 0.29) is 29.3 Å². The van der Waals surface area contributed by atoms with Gasteiger partial charge in [0.25, 0.3) is 5.56 Å².